The number of ether oxygens (including phenoxy) is 1. The van der Waals surface area contributed by atoms with Gasteiger partial charge in [-0.25, -0.2) is 0 Å². The first kappa shape index (κ1) is 15.8. The molecule has 0 aromatic heterocycles. The Morgan fingerprint density at radius 3 is 2.81 bits per heavy atom. The first-order valence-corrected chi connectivity index (χ1v) is 11.0. The molecular weight excluding hydrogens is 338 g/mol. The number of nitrogens with zero attached hydrogens (tertiary/aromatic N) is 1. The molecule has 5 fully saturated rings. The van der Waals surface area contributed by atoms with Crippen LogP contribution in [0.3, 0.4) is 0 Å². The Bertz CT molecular complexity index is 816. The number of aliphatic hydroxyl groups is 1. The van der Waals surface area contributed by atoms with Crippen molar-refractivity contribution in [1.82, 2.24) is 0 Å². The maximum Gasteiger partial charge on any atom is 0.175 e. The van der Waals surface area contributed by atoms with Crippen LogP contribution in [0.2, 0.25) is 0 Å². The first-order chi connectivity index (χ1) is 13.1. The van der Waals surface area contributed by atoms with Crippen LogP contribution in [0.25, 0.3) is 0 Å². The Balaban J connectivity index is 1.29. The number of oxime groups is 1. The van der Waals surface area contributed by atoms with E-state index in [1.54, 1.807) is 5.57 Å². The van der Waals surface area contributed by atoms with Crippen LogP contribution < -0.4 is 0 Å². The quantitative estimate of drug-likeness (QED) is 0.389. The molecule has 4 nitrogen and oxygen atoms in total. The minimum atomic E-state index is -0.705. The van der Waals surface area contributed by atoms with Crippen molar-refractivity contribution in [3.63, 3.8) is 0 Å². The van der Waals surface area contributed by atoms with Gasteiger partial charge in [0.25, 0.3) is 0 Å². The van der Waals surface area contributed by atoms with Gasteiger partial charge in [-0.15, -0.1) is 0 Å². The minimum Gasteiger partial charge on any atom is -0.411 e. The normalized spacial score (nSPS) is 63.1. The van der Waals surface area contributed by atoms with Crippen molar-refractivity contribution in [2.45, 2.75) is 57.3 Å². The minimum absolute atomic E-state index is 0.191. The molecule has 0 aromatic rings. The molecule has 144 valence electrons. The number of hydrogen-bond donors (Lipinski definition) is 2. The lowest BCUT2D eigenvalue weighted by Crippen LogP contribution is -2.55. The molecule has 7 aliphatic rings. The van der Waals surface area contributed by atoms with Crippen LogP contribution in [0.15, 0.2) is 29.0 Å². The van der Waals surface area contributed by atoms with E-state index in [0.717, 1.165) is 47.6 Å². The van der Waals surface area contributed by atoms with Gasteiger partial charge < -0.3 is 15.1 Å². The number of hydrogen-bond acceptors (Lipinski definition) is 4. The Labute approximate surface area is 160 Å². The molecule has 1 spiro atoms. The van der Waals surface area contributed by atoms with Crippen LogP contribution in [-0.2, 0) is 4.74 Å². The molecule has 4 heteroatoms. The predicted molar refractivity (Wildman–Crippen MR) is 100.0 cm³/mol. The van der Waals surface area contributed by atoms with Crippen molar-refractivity contribution in [3.05, 3.63) is 23.8 Å². The third kappa shape index (κ3) is 1.68. The number of allylic oxidation sites excluding steroid dienone is 2. The average Bonchev–Trinajstić information content (AvgIpc) is 3.58. The number of fused-ring (bicyclic) bond motifs is 12. The van der Waals surface area contributed by atoms with Crippen molar-refractivity contribution in [2.75, 3.05) is 0 Å². The molecule has 1 heterocycles. The zero-order chi connectivity index (χ0) is 18.1. The Morgan fingerprint density at radius 2 is 2.04 bits per heavy atom. The van der Waals surface area contributed by atoms with Crippen LogP contribution in [0, 0.1) is 52.8 Å². The topological polar surface area (TPSA) is 62.0 Å². The summed E-state index contributed by atoms with van der Waals surface area (Å²) in [5, 5.41) is 22.9. The standard InChI is InChI=1S/C23H29NO3/c1-22-6-4-13-12-3-2-11(24-26)8-14(12)15-9-16(15)20(13)21(22)17-10-18(17)23(22)7-5-19(25)27-23/h5,7-8,12-13,15-21,25-26H,2-4,6,9-10H2,1H3/b24-11+/t12-,13?,15+,16+,17-,18+,19?,20?,21?,22+,23+/m1/s1. The maximum atomic E-state index is 10.1. The lowest BCUT2D eigenvalue weighted by atomic mass is 9.49. The van der Waals surface area contributed by atoms with E-state index in [9.17, 15) is 10.3 Å². The van der Waals surface area contributed by atoms with E-state index in [1.165, 1.54) is 32.1 Å². The van der Waals surface area contributed by atoms with E-state index in [0.29, 0.717) is 11.8 Å². The molecule has 6 aliphatic carbocycles. The molecular formula is C23H29NO3. The van der Waals surface area contributed by atoms with Gasteiger partial charge in [-0.3, -0.25) is 0 Å². The van der Waals surface area contributed by atoms with Crippen LogP contribution >= 0.6 is 0 Å². The largest absolute Gasteiger partial charge is 0.411 e. The summed E-state index contributed by atoms with van der Waals surface area (Å²) in [5.41, 5.74) is 2.51. The highest BCUT2D eigenvalue weighted by Crippen LogP contribution is 2.80. The third-order valence-electron chi connectivity index (χ3n) is 10.1. The van der Waals surface area contributed by atoms with E-state index in [-0.39, 0.29) is 11.0 Å². The fourth-order valence-electron chi connectivity index (χ4n) is 9.14. The highest BCUT2D eigenvalue weighted by molar-refractivity contribution is 5.96. The second kappa shape index (κ2) is 4.71. The summed E-state index contributed by atoms with van der Waals surface area (Å²) in [7, 11) is 0. The highest BCUT2D eigenvalue weighted by Gasteiger charge is 2.78. The van der Waals surface area contributed by atoms with Gasteiger partial charge in [0.15, 0.2) is 6.29 Å². The van der Waals surface area contributed by atoms with Crippen molar-refractivity contribution < 1.29 is 15.1 Å². The monoisotopic (exact) mass is 367 g/mol. The molecule has 0 saturated heterocycles. The summed E-state index contributed by atoms with van der Waals surface area (Å²) >= 11 is 0. The zero-order valence-electron chi connectivity index (χ0n) is 15.9. The Kier molecular flexibility index (Phi) is 2.75. The molecule has 0 amide bonds. The van der Waals surface area contributed by atoms with Crippen LogP contribution in [0.1, 0.15) is 45.4 Å². The van der Waals surface area contributed by atoms with Gasteiger partial charge in [0.1, 0.15) is 0 Å². The van der Waals surface area contributed by atoms with Crippen molar-refractivity contribution in [3.8, 4) is 0 Å². The van der Waals surface area contributed by atoms with Crippen LogP contribution in [-0.4, -0.2) is 27.9 Å². The summed E-state index contributed by atoms with van der Waals surface area (Å²) in [6.07, 6.45) is 13.0. The fraction of sp³-hybridized carbons (Fsp3) is 0.783. The first-order valence-electron chi connectivity index (χ1n) is 11.0. The SMILES string of the molecule is C[C@]12CCC3C(C1[C@@H]1C[C@@H]1[C@@]21C=CC(O)O1)[C@H]1C[C@H]1C1=C/C(=N/O)CC[C@@H]13. The second-order valence-electron chi connectivity index (χ2n) is 10.8. The van der Waals surface area contributed by atoms with E-state index >= 15 is 0 Å². The van der Waals surface area contributed by atoms with Gasteiger partial charge in [0.2, 0.25) is 0 Å². The summed E-state index contributed by atoms with van der Waals surface area (Å²) in [5.74, 6) is 6.16. The average molecular weight is 367 g/mol. The molecule has 0 bridgehead atoms. The summed E-state index contributed by atoms with van der Waals surface area (Å²) < 4.78 is 6.29. The summed E-state index contributed by atoms with van der Waals surface area (Å²) in [4.78, 5) is 0. The second-order valence-corrected chi connectivity index (χ2v) is 10.8. The number of rotatable bonds is 0. The zero-order valence-corrected chi connectivity index (χ0v) is 15.9. The lowest BCUT2D eigenvalue weighted by molar-refractivity contribution is -0.195. The summed E-state index contributed by atoms with van der Waals surface area (Å²) in [6, 6.07) is 0. The number of aliphatic hydroxyl groups excluding tert-OH is 1. The maximum absolute atomic E-state index is 10.1. The molecule has 0 aromatic carbocycles. The molecule has 11 atom stereocenters. The van der Waals surface area contributed by atoms with Gasteiger partial charge in [0.05, 0.1) is 11.3 Å². The van der Waals surface area contributed by atoms with Gasteiger partial charge in [-0.1, -0.05) is 23.7 Å². The third-order valence-corrected chi connectivity index (χ3v) is 10.1. The van der Waals surface area contributed by atoms with Gasteiger partial charge in [-0.2, -0.15) is 0 Å². The molecule has 1 aliphatic heterocycles. The lowest BCUT2D eigenvalue weighted by Gasteiger charge is -2.57. The fourth-order valence-corrected chi connectivity index (χ4v) is 9.14. The Morgan fingerprint density at radius 1 is 1.15 bits per heavy atom. The highest BCUT2D eigenvalue weighted by atomic mass is 16.6. The van der Waals surface area contributed by atoms with E-state index in [4.69, 9.17) is 4.74 Å². The molecule has 7 rings (SSSR count). The van der Waals surface area contributed by atoms with Gasteiger partial charge >= 0.3 is 0 Å². The molecule has 27 heavy (non-hydrogen) atoms. The van der Waals surface area contributed by atoms with Crippen molar-refractivity contribution in [1.29, 1.82) is 0 Å². The molecule has 0 radical (unpaired) electrons. The van der Waals surface area contributed by atoms with Crippen LogP contribution in [0.4, 0.5) is 0 Å². The Hall–Kier alpha value is -1.13. The van der Waals surface area contributed by atoms with Crippen molar-refractivity contribution in [2.24, 2.45) is 57.9 Å². The van der Waals surface area contributed by atoms with Gasteiger partial charge in [-0.05, 0) is 98.0 Å². The van der Waals surface area contributed by atoms with Crippen LogP contribution in [0.5, 0.6) is 0 Å². The van der Waals surface area contributed by atoms with Crippen molar-refractivity contribution >= 4 is 5.71 Å². The summed E-state index contributed by atoms with van der Waals surface area (Å²) in [6.45, 7) is 2.49. The van der Waals surface area contributed by atoms with Gasteiger partial charge in [0, 0.05) is 5.41 Å². The predicted octanol–water partition coefficient (Wildman–Crippen LogP) is 3.74. The molecule has 4 unspecified atom stereocenters. The van der Waals surface area contributed by atoms with E-state index in [2.05, 4.69) is 24.2 Å². The molecule has 2 N–H and O–H groups in total. The van der Waals surface area contributed by atoms with E-state index < -0.39 is 6.29 Å². The molecule has 5 saturated carbocycles. The van der Waals surface area contributed by atoms with E-state index in [1.807, 2.05) is 6.08 Å². The smallest absolute Gasteiger partial charge is 0.175 e.